The van der Waals surface area contributed by atoms with Crippen LogP contribution in [-0.4, -0.2) is 92.5 Å². The number of amides is 5. The molecule has 0 radical (unpaired) electrons. The second-order valence-corrected chi connectivity index (χ2v) is 9.61. The van der Waals surface area contributed by atoms with Gasteiger partial charge in [-0.3, -0.25) is 33.7 Å². The first-order valence-corrected chi connectivity index (χ1v) is 14.9. The molecular weight excluding hydrogens is 564 g/mol. The molecule has 1 unspecified atom stereocenters. The highest BCUT2D eigenvalue weighted by molar-refractivity contribution is 7.79. The number of aryl methyl sites for hydroxylation is 1. The van der Waals surface area contributed by atoms with Crippen molar-refractivity contribution in [1.82, 2.24) is 15.5 Å². The van der Waals surface area contributed by atoms with E-state index in [1.54, 1.807) is 25.3 Å². The van der Waals surface area contributed by atoms with Crippen LogP contribution in [0.25, 0.3) is 0 Å². The molecule has 0 aromatic heterocycles. The molecule has 1 aromatic rings. The number of Topliss-reactive ketones (excluding diaryl/α,β-unsaturated/α-hetero) is 1. The Labute approximate surface area is 253 Å². The van der Waals surface area contributed by atoms with Crippen LogP contribution in [0.2, 0.25) is 0 Å². The summed E-state index contributed by atoms with van der Waals surface area (Å²) < 4.78 is 10.8. The second kappa shape index (κ2) is 21.4. The van der Waals surface area contributed by atoms with Crippen LogP contribution in [-0.2, 0) is 44.7 Å². The van der Waals surface area contributed by atoms with Gasteiger partial charge in [0.15, 0.2) is 0 Å². The average molecular weight is 609 g/mol. The van der Waals surface area contributed by atoms with Crippen LogP contribution >= 0.6 is 12.6 Å². The van der Waals surface area contributed by atoms with Crippen LogP contribution in [0, 0.1) is 5.92 Å². The van der Waals surface area contributed by atoms with E-state index >= 15 is 0 Å². The van der Waals surface area contributed by atoms with Crippen molar-refractivity contribution in [3.8, 4) is 0 Å². The van der Waals surface area contributed by atoms with E-state index < -0.39 is 0 Å². The van der Waals surface area contributed by atoms with Crippen molar-refractivity contribution in [1.29, 1.82) is 0 Å². The Morgan fingerprint density at radius 3 is 2.07 bits per heavy atom. The van der Waals surface area contributed by atoms with Gasteiger partial charge in [-0.2, -0.15) is 12.6 Å². The van der Waals surface area contributed by atoms with Crippen molar-refractivity contribution in [3.05, 3.63) is 29.8 Å². The minimum Gasteiger partial charge on any atom is -0.379 e. The van der Waals surface area contributed by atoms with E-state index in [-0.39, 0.29) is 80.3 Å². The molecule has 3 N–H and O–H groups in total. The smallest absolute Gasteiger partial charge is 0.232 e. The van der Waals surface area contributed by atoms with Gasteiger partial charge in [0.2, 0.25) is 29.5 Å². The highest BCUT2D eigenvalue weighted by Crippen LogP contribution is 2.18. The van der Waals surface area contributed by atoms with Gasteiger partial charge in [-0.1, -0.05) is 19.1 Å². The lowest BCUT2D eigenvalue weighted by atomic mass is 10.1. The molecule has 13 heteroatoms. The molecule has 0 bridgehead atoms. The van der Waals surface area contributed by atoms with E-state index in [0.717, 1.165) is 10.5 Å². The first-order chi connectivity index (χ1) is 20.2. The molecule has 5 amide bonds. The fourth-order valence-corrected chi connectivity index (χ4v) is 3.84. The molecular formula is C29H44N4O8S. The third kappa shape index (κ3) is 15.6. The topological polar surface area (TPSA) is 160 Å². The van der Waals surface area contributed by atoms with Crippen LogP contribution in [0.15, 0.2) is 24.3 Å². The molecule has 234 valence electrons. The highest BCUT2D eigenvalue weighted by Gasteiger charge is 2.35. The molecule has 0 aliphatic carbocycles. The third-order valence-corrected chi connectivity index (χ3v) is 6.12. The number of nitrogens with zero attached hydrogens (tertiary/aromatic N) is 1. The van der Waals surface area contributed by atoms with Crippen molar-refractivity contribution in [2.24, 2.45) is 5.92 Å². The van der Waals surface area contributed by atoms with Crippen molar-refractivity contribution >= 4 is 53.6 Å². The number of thiol groups is 1. The summed E-state index contributed by atoms with van der Waals surface area (Å²) in [7, 11) is 0. The number of carbonyl (C=O) groups is 6. The molecule has 1 atom stereocenters. The van der Waals surface area contributed by atoms with Gasteiger partial charge in [-0.05, 0) is 37.3 Å². The number of ether oxygens (including phenoxy) is 2. The van der Waals surface area contributed by atoms with Crippen molar-refractivity contribution in [2.45, 2.75) is 52.4 Å². The maximum atomic E-state index is 12.1. The van der Waals surface area contributed by atoms with E-state index in [1.165, 1.54) is 6.92 Å². The van der Waals surface area contributed by atoms with E-state index in [1.807, 2.05) is 12.1 Å². The summed E-state index contributed by atoms with van der Waals surface area (Å²) in [5.74, 6) is -1.30. The number of hydrogen-bond acceptors (Lipinski definition) is 9. The zero-order chi connectivity index (χ0) is 31.3. The summed E-state index contributed by atoms with van der Waals surface area (Å²) in [5, 5.41) is 8.19. The number of ketones is 1. The SMILES string of the molecule is CC(=O)CCNC(=O)CCc1ccc(NC(=O)CCOCCOCCNC(=O)CCN2C(=O)CC(C)C2=O)cc1.CS. The van der Waals surface area contributed by atoms with Gasteiger partial charge in [0, 0.05) is 56.9 Å². The summed E-state index contributed by atoms with van der Waals surface area (Å²) in [6.45, 7) is 5.05. The van der Waals surface area contributed by atoms with Crippen LogP contribution in [0.1, 0.15) is 51.5 Å². The number of rotatable bonds is 19. The highest BCUT2D eigenvalue weighted by atomic mass is 32.1. The average Bonchev–Trinajstić information content (AvgIpc) is 3.21. The lowest BCUT2D eigenvalue weighted by molar-refractivity contribution is -0.139. The number of likely N-dealkylation sites (tertiary alicyclic amines) is 1. The first-order valence-electron chi connectivity index (χ1n) is 14.0. The predicted octanol–water partition coefficient (Wildman–Crippen LogP) is 1.52. The number of imide groups is 1. The number of hydrogen-bond donors (Lipinski definition) is 4. The largest absolute Gasteiger partial charge is 0.379 e. The molecule has 12 nitrogen and oxygen atoms in total. The third-order valence-electron chi connectivity index (χ3n) is 6.12. The van der Waals surface area contributed by atoms with E-state index in [0.29, 0.717) is 51.3 Å². The fraction of sp³-hybridized carbons (Fsp3) is 0.586. The first kappa shape index (κ1) is 36.7. The van der Waals surface area contributed by atoms with Crippen LogP contribution in [0.4, 0.5) is 5.69 Å². The number of nitrogens with one attached hydrogen (secondary N) is 3. The molecule has 42 heavy (non-hydrogen) atoms. The Kier molecular flexibility index (Phi) is 18.7. The Morgan fingerprint density at radius 1 is 0.833 bits per heavy atom. The van der Waals surface area contributed by atoms with Gasteiger partial charge >= 0.3 is 0 Å². The van der Waals surface area contributed by atoms with Crippen molar-refractivity contribution in [2.75, 3.05) is 57.6 Å². The van der Waals surface area contributed by atoms with E-state index in [2.05, 4.69) is 28.6 Å². The van der Waals surface area contributed by atoms with Gasteiger partial charge in [0.25, 0.3) is 0 Å². The van der Waals surface area contributed by atoms with Crippen LogP contribution < -0.4 is 16.0 Å². The maximum Gasteiger partial charge on any atom is 0.232 e. The Balaban J connectivity index is 0.00000431. The fourth-order valence-electron chi connectivity index (χ4n) is 3.84. The molecule has 2 rings (SSSR count). The quantitative estimate of drug-likeness (QED) is 0.105. The molecule has 1 fully saturated rings. The summed E-state index contributed by atoms with van der Waals surface area (Å²) >= 11 is 3.53. The minimum absolute atomic E-state index is 0.0370. The van der Waals surface area contributed by atoms with Gasteiger partial charge in [0.05, 0.1) is 32.8 Å². The summed E-state index contributed by atoms with van der Waals surface area (Å²) in [6, 6.07) is 7.26. The number of carbonyl (C=O) groups excluding carboxylic acids is 6. The normalized spacial score (nSPS) is 14.2. The molecule has 1 aliphatic rings. The summed E-state index contributed by atoms with van der Waals surface area (Å²) in [6.07, 6.45) is 3.34. The number of benzene rings is 1. The molecule has 1 aromatic carbocycles. The predicted molar refractivity (Wildman–Crippen MR) is 161 cm³/mol. The Hall–Kier alpha value is -3.29. The van der Waals surface area contributed by atoms with Gasteiger partial charge < -0.3 is 25.4 Å². The van der Waals surface area contributed by atoms with Gasteiger partial charge in [-0.25, -0.2) is 0 Å². The van der Waals surface area contributed by atoms with Crippen LogP contribution in [0.3, 0.4) is 0 Å². The Morgan fingerprint density at radius 2 is 1.45 bits per heavy atom. The lowest BCUT2D eigenvalue weighted by Crippen LogP contribution is -2.35. The zero-order valence-electron chi connectivity index (χ0n) is 24.7. The lowest BCUT2D eigenvalue weighted by Gasteiger charge is -2.14. The van der Waals surface area contributed by atoms with Gasteiger partial charge in [0.1, 0.15) is 5.78 Å². The minimum atomic E-state index is -0.317. The molecule has 1 aliphatic heterocycles. The van der Waals surface area contributed by atoms with Crippen molar-refractivity contribution < 1.29 is 38.2 Å². The standard InChI is InChI=1S/C28H40N4O8.CH4S/c1-20-19-27(37)32(28(20)38)14-10-25(35)30-13-16-40-18-17-39-15-11-26(36)31-23-6-3-22(4-7-23)5-8-24(34)29-12-9-21(2)33;1-2/h3-4,6-7,20H,5,8-19H2,1-2H3,(H,29,34)(H,30,35)(H,31,36);2H,1H3. The Bertz CT molecular complexity index is 1030. The molecule has 0 spiro atoms. The molecule has 0 saturated carbocycles. The van der Waals surface area contributed by atoms with Gasteiger partial charge in [-0.15, -0.1) is 0 Å². The number of anilines is 1. The van der Waals surface area contributed by atoms with Crippen LogP contribution in [0.5, 0.6) is 0 Å². The molecule has 1 saturated heterocycles. The monoisotopic (exact) mass is 608 g/mol. The maximum absolute atomic E-state index is 12.1. The van der Waals surface area contributed by atoms with E-state index in [4.69, 9.17) is 9.47 Å². The zero-order valence-corrected chi connectivity index (χ0v) is 25.6. The van der Waals surface area contributed by atoms with Crippen molar-refractivity contribution in [3.63, 3.8) is 0 Å². The summed E-state index contributed by atoms with van der Waals surface area (Å²) in [5.41, 5.74) is 1.62. The molecule has 1 heterocycles. The van der Waals surface area contributed by atoms with E-state index in [9.17, 15) is 28.8 Å². The second-order valence-electron chi connectivity index (χ2n) is 9.61. The summed E-state index contributed by atoms with van der Waals surface area (Å²) in [4.78, 5) is 71.4.